The van der Waals surface area contributed by atoms with Crippen molar-refractivity contribution in [2.75, 3.05) is 18.9 Å². The molecule has 2 rings (SSSR count). The van der Waals surface area contributed by atoms with Crippen LogP contribution in [0.1, 0.15) is 36.5 Å². The maximum Gasteiger partial charge on any atom is 0.270 e. The standard InChI is InChI=1S/C14H19N3O3/c1-3-14(6-7-14)9-16-13(18)11-8-10(17(19)20)4-5-12(11)15-2/h4-5,8,15H,3,6-7,9H2,1-2H3,(H,16,18). The van der Waals surface area contributed by atoms with Crippen molar-refractivity contribution >= 4 is 17.3 Å². The Balaban J connectivity index is 2.15. The number of nitro groups is 1. The summed E-state index contributed by atoms with van der Waals surface area (Å²) in [6.07, 6.45) is 3.32. The minimum absolute atomic E-state index is 0.0780. The molecule has 0 aromatic heterocycles. The average molecular weight is 277 g/mol. The number of carbonyl (C=O) groups excluding carboxylic acids is 1. The van der Waals surface area contributed by atoms with Gasteiger partial charge in [-0.2, -0.15) is 0 Å². The third-order valence-electron chi connectivity index (χ3n) is 4.06. The molecule has 1 aromatic rings. The van der Waals surface area contributed by atoms with Crippen LogP contribution in [0.3, 0.4) is 0 Å². The Hall–Kier alpha value is -2.11. The molecule has 1 saturated carbocycles. The van der Waals surface area contributed by atoms with Crippen LogP contribution in [0.15, 0.2) is 18.2 Å². The summed E-state index contributed by atoms with van der Waals surface area (Å²) in [5.74, 6) is -0.266. The third-order valence-corrected chi connectivity index (χ3v) is 4.06. The Morgan fingerprint density at radius 2 is 2.15 bits per heavy atom. The van der Waals surface area contributed by atoms with E-state index in [-0.39, 0.29) is 17.0 Å². The molecule has 0 atom stereocenters. The zero-order valence-electron chi connectivity index (χ0n) is 11.7. The number of nitrogens with one attached hydrogen (secondary N) is 2. The molecule has 2 N–H and O–H groups in total. The fraction of sp³-hybridized carbons (Fsp3) is 0.500. The number of non-ortho nitro benzene ring substituents is 1. The monoisotopic (exact) mass is 277 g/mol. The molecule has 1 aliphatic rings. The first-order valence-electron chi connectivity index (χ1n) is 6.76. The number of hydrogen-bond donors (Lipinski definition) is 2. The Kier molecular flexibility index (Phi) is 3.92. The van der Waals surface area contributed by atoms with E-state index in [2.05, 4.69) is 17.6 Å². The minimum atomic E-state index is -0.495. The van der Waals surface area contributed by atoms with Crippen LogP contribution in [-0.4, -0.2) is 24.4 Å². The lowest BCUT2D eigenvalue weighted by Crippen LogP contribution is -2.30. The second kappa shape index (κ2) is 5.48. The zero-order chi connectivity index (χ0) is 14.8. The summed E-state index contributed by atoms with van der Waals surface area (Å²) in [5.41, 5.74) is 1.07. The lowest BCUT2D eigenvalue weighted by molar-refractivity contribution is -0.384. The van der Waals surface area contributed by atoms with Crippen LogP contribution >= 0.6 is 0 Å². The molecule has 6 heteroatoms. The van der Waals surface area contributed by atoms with Crippen molar-refractivity contribution in [1.82, 2.24) is 5.32 Å². The van der Waals surface area contributed by atoms with E-state index in [4.69, 9.17) is 0 Å². The van der Waals surface area contributed by atoms with E-state index >= 15 is 0 Å². The van der Waals surface area contributed by atoms with Gasteiger partial charge >= 0.3 is 0 Å². The Labute approximate surface area is 117 Å². The second-order valence-electron chi connectivity index (χ2n) is 5.27. The van der Waals surface area contributed by atoms with Crippen molar-refractivity contribution < 1.29 is 9.72 Å². The SMILES string of the molecule is CCC1(CNC(=O)c2cc([N+](=O)[O-])ccc2NC)CC1. The Morgan fingerprint density at radius 1 is 1.45 bits per heavy atom. The van der Waals surface area contributed by atoms with Crippen LogP contribution in [0.2, 0.25) is 0 Å². The third kappa shape index (κ3) is 2.89. The van der Waals surface area contributed by atoms with Gasteiger partial charge in [0.1, 0.15) is 0 Å². The summed E-state index contributed by atoms with van der Waals surface area (Å²) in [4.78, 5) is 22.5. The molecule has 0 saturated heterocycles. The van der Waals surface area contributed by atoms with E-state index in [1.54, 1.807) is 13.1 Å². The number of carbonyl (C=O) groups is 1. The van der Waals surface area contributed by atoms with Crippen LogP contribution in [0.25, 0.3) is 0 Å². The van der Waals surface area contributed by atoms with E-state index in [9.17, 15) is 14.9 Å². The maximum atomic E-state index is 12.2. The summed E-state index contributed by atoms with van der Waals surface area (Å²) in [5, 5.41) is 16.6. The normalized spacial score (nSPS) is 15.5. The van der Waals surface area contributed by atoms with Crippen molar-refractivity contribution in [2.45, 2.75) is 26.2 Å². The van der Waals surface area contributed by atoms with Gasteiger partial charge in [0.25, 0.3) is 11.6 Å². The molecule has 1 aromatic carbocycles. The first-order chi connectivity index (χ1) is 9.51. The summed E-state index contributed by atoms with van der Waals surface area (Å²) in [7, 11) is 1.69. The predicted octanol–water partition coefficient (Wildman–Crippen LogP) is 2.56. The molecular weight excluding hydrogens is 258 g/mol. The van der Waals surface area contributed by atoms with Crippen molar-refractivity contribution in [3.8, 4) is 0 Å². The lowest BCUT2D eigenvalue weighted by atomic mass is 10.0. The molecular formula is C14H19N3O3. The number of hydrogen-bond acceptors (Lipinski definition) is 4. The smallest absolute Gasteiger partial charge is 0.270 e. The van der Waals surface area contributed by atoms with Crippen LogP contribution in [0.5, 0.6) is 0 Å². The molecule has 0 heterocycles. The average Bonchev–Trinajstić information content (AvgIpc) is 3.24. The quantitative estimate of drug-likeness (QED) is 0.618. The molecule has 0 radical (unpaired) electrons. The van der Waals surface area contributed by atoms with E-state index in [1.165, 1.54) is 12.1 Å². The van der Waals surface area contributed by atoms with Gasteiger partial charge in [-0.15, -0.1) is 0 Å². The highest BCUT2D eigenvalue weighted by atomic mass is 16.6. The number of nitrogens with zero attached hydrogens (tertiary/aromatic N) is 1. The summed E-state index contributed by atoms with van der Waals surface area (Å²) < 4.78 is 0. The van der Waals surface area contributed by atoms with Crippen molar-refractivity contribution in [3.63, 3.8) is 0 Å². The Bertz CT molecular complexity index is 538. The largest absolute Gasteiger partial charge is 0.387 e. The molecule has 1 amide bonds. The number of anilines is 1. The van der Waals surface area contributed by atoms with Crippen LogP contribution in [-0.2, 0) is 0 Å². The van der Waals surface area contributed by atoms with E-state index in [0.717, 1.165) is 19.3 Å². The summed E-state index contributed by atoms with van der Waals surface area (Å²) in [6, 6.07) is 4.25. The molecule has 0 spiro atoms. The van der Waals surface area contributed by atoms with Crippen molar-refractivity contribution in [1.29, 1.82) is 0 Å². The van der Waals surface area contributed by atoms with Crippen LogP contribution < -0.4 is 10.6 Å². The second-order valence-corrected chi connectivity index (χ2v) is 5.27. The number of rotatable bonds is 6. The van der Waals surface area contributed by atoms with E-state index in [1.807, 2.05) is 0 Å². The molecule has 6 nitrogen and oxygen atoms in total. The zero-order valence-corrected chi connectivity index (χ0v) is 11.7. The minimum Gasteiger partial charge on any atom is -0.387 e. The van der Waals surface area contributed by atoms with Gasteiger partial charge in [0, 0.05) is 31.4 Å². The highest BCUT2D eigenvalue weighted by Crippen LogP contribution is 2.47. The van der Waals surface area contributed by atoms with Gasteiger partial charge in [-0.25, -0.2) is 0 Å². The molecule has 0 bridgehead atoms. The Morgan fingerprint density at radius 3 is 2.65 bits per heavy atom. The summed E-state index contributed by atoms with van der Waals surface area (Å²) in [6.45, 7) is 2.75. The number of benzene rings is 1. The van der Waals surface area contributed by atoms with Gasteiger partial charge < -0.3 is 10.6 Å². The first kappa shape index (κ1) is 14.3. The fourth-order valence-electron chi connectivity index (χ4n) is 2.25. The van der Waals surface area contributed by atoms with Gasteiger partial charge in [0.05, 0.1) is 10.5 Å². The highest BCUT2D eigenvalue weighted by molar-refractivity contribution is 6.00. The molecule has 108 valence electrons. The predicted molar refractivity (Wildman–Crippen MR) is 76.9 cm³/mol. The van der Waals surface area contributed by atoms with E-state index < -0.39 is 4.92 Å². The molecule has 20 heavy (non-hydrogen) atoms. The van der Waals surface area contributed by atoms with Crippen molar-refractivity contribution in [2.24, 2.45) is 5.41 Å². The molecule has 0 unspecified atom stereocenters. The van der Waals surface area contributed by atoms with Gasteiger partial charge in [0.15, 0.2) is 0 Å². The molecule has 1 fully saturated rings. The topological polar surface area (TPSA) is 84.3 Å². The lowest BCUT2D eigenvalue weighted by Gasteiger charge is -2.14. The van der Waals surface area contributed by atoms with Crippen molar-refractivity contribution in [3.05, 3.63) is 33.9 Å². The molecule has 0 aliphatic heterocycles. The first-order valence-corrected chi connectivity index (χ1v) is 6.76. The fourth-order valence-corrected chi connectivity index (χ4v) is 2.25. The van der Waals surface area contributed by atoms with Gasteiger partial charge in [-0.05, 0) is 30.7 Å². The van der Waals surface area contributed by atoms with Crippen LogP contribution in [0, 0.1) is 15.5 Å². The highest BCUT2D eigenvalue weighted by Gasteiger charge is 2.40. The van der Waals surface area contributed by atoms with Crippen LogP contribution in [0.4, 0.5) is 11.4 Å². The van der Waals surface area contributed by atoms with Gasteiger partial charge in [0.2, 0.25) is 0 Å². The number of nitro benzene ring substituents is 1. The summed E-state index contributed by atoms with van der Waals surface area (Å²) >= 11 is 0. The maximum absolute atomic E-state index is 12.2. The van der Waals surface area contributed by atoms with Gasteiger partial charge in [-0.1, -0.05) is 6.92 Å². The van der Waals surface area contributed by atoms with Gasteiger partial charge in [-0.3, -0.25) is 14.9 Å². The number of amides is 1. The van der Waals surface area contributed by atoms with E-state index in [0.29, 0.717) is 17.8 Å². The molecule has 1 aliphatic carbocycles.